The van der Waals surface area contributed by atoms with Gasteiger partial charge in [-0.2, -0.15) is 0 Å². The zero-order chi connectivity index (χ0) is 17.7. The SMILES string of the molecule is Cc1ccc(C(=O)NCC(=O)NCC(C)(C)c2ccc(Br)cc2)s1. The first kappa shape index (κ1) is 18.7. The average molecular weight is 409 g/mol. The van der Waals surface area contributed by atoms with Crippen molar-refractivity contribution in [2.75, 3.05) is 13.1 Å². The highest BCUT2D eigenvalue weighted by Crippen LogP contribution is 2.24. The molecular weight excluding hydrogens is 388 g/mol. The topological polar surface area (TPSA) is 58.2 Å². The molecule has 1 aromatic carbocycles. The summed E-state index contributed by atoms with van der Waals surface area (Å²) in [6.45, 7) is 6.57. The first-order valence-electron chi connectivity index (χ1n) is 7.65. The van der Waals surface area contributed by atoms with Gasteiger partial charge in [-0.1, -0.05) is 41.9 Å². The number of nitrogens with one attached hydrogen (secondary N) is 2. The number of amides is 2. The van der Waals surface area contributed by atoms with Crippen LogP contribution in [-0.2, 0) is 10.2 Å². The van der Waals surface area contributed by atoms with Crippen molar-refractivity contribution in [3.05, 3.63) is 56.2 Å². The summed E-state index contributed by atoms with van der Waals surface area (Å²) in [4.78, 5) is 25.6. The van der Waals surface area contributed by atoms with E-state index in [0.717, 1.165) is 14.9 Å². The molecule has 1 heterocycles. The molecule has 0 spiro atoms. The maximum Gasteiger partial charge on any atom is 0.261 e. The molecule has 0 unspecified atom stereocenters. The van der Waals surface area contributed by atoms with Gasteiger partial charge in [-0.15, -0.1) is 11.3 Å². The number of rotatable bonds is 6. The maximum absolute atomic E-state index is 12.0. The molecule has 0 aliphatic rings. The molecule has 2 amide bonds. The van der Waals surface area contributed by atoms with E-state index in [0.29, 0.717) is 11.4 Å². The zero-order valence-electron chi connectivity index (χ0n) is 14.0. The Morgan fingerprint density at radius 1 is 1.08 bits per heavy atom. The van der Waals surface area contributed by atoms with Crippen LogP contribution in [-0.4, -0.2) is 24.9 Å². The van der Waals surface area contributed by atoms with E-state index in [-0.39, 0.29) is 23.8 Å². The van der Waals surface area contributed by atoms with E-state index in [1.165, 1.54) is 11.3 Å². The number of hydrogen-bond donors (Lipinski definition) is 2. The lowest BCUT2D eigenvalue weighted by atomic mass is 9.84. The monoisotopic (exact) mass is 408 g/mol. The summed E-state index contributed by atoms with van der Waals surface area (Å²) in [5.74, 6) is -0.405. The fourth-order valence-electron chi connectivity index (χ4n) is 2.19. The lowest BCUT2D eigenvalue weighted by molar-refractivity contribution is -0.120. The Labute approximate surface area is 154 Å². The third kappa shape index (κ3) is 5.18. The first-order chi connectivity index (χ1) is 11.3. The molecule has 6 heteroatoms. The van der Waals surface area contributed by atoms with Crippen LogP contribution in [0, 0.1) is 6.92 Å². The van der Waals surface area contributed by atoms with Gasteiger partial charge in [-0.3, -0.25) is 9.59 Å². The highest BCUT2D eigenvalue weighted by Gasteiger charge is 2.21. The number of thiophene rings is 1. The van der Waals surface area contributed by atoms with Crippen molar-refractivity contribution in [1.29, 1.82) is 0 Å². The maximum atomic E-state index is 12.0. The molecule has 0 saturated carbocycles. The standard InChI is InChI=1S/C18H21BrN2O2S/c1-12-4-9-15(24-12)17(23)20-10-16(22)21-11-18(2,3)13-5-7-14(19)8-6-13/h4-9H,10-11H2,1-3H3,(H,20,23)(H,21,22). The van der Waals surface area contributed by atoms with Crippen molar-refractivity contribution < 1.29 is 9.59 Å². The Bertz CT molecular complexity index is 723. The minimum atomic E-state index is -0.213. The Hall–Kier alpha value is -1.66. The van der Waals surface area contributed by atoms with Gasteiger partial charge in [0.1, 0.15) is 0 Å². The lowest BCUT2D eigenvalue weighted by Gasteiger charge is -2.25. The van der Waals surface area contributed by atoms with Gasteiger partial charge >= 0.3 is 0 Å². The summed E-state index contributed by atoms with van der Waals surface area (Å²) >= 11 is 4.84. The van der Waals surface area contributed by atoms with Crippen LogP contribution in [0.3, 0.4) is 0 Å². The Morgan fingerprint density at radius 3 is 2.33 bits per heavy atom. The number of carbonyl (C=O) groups is 2. The van der Waals surface area contributed by atoms with E-state index in [9.17, 15) is 9.59 Å². The van der Waals surface area contributed by atoms with Crippen LogP contribution in [0.4, 0.5) is 0 Å². The van der Waals surface area contributed by atoms with Crippen molar-refractivity contribution in [2.24, 2.45) is 0 Å². The van der Waals surface area contributed by atoms with E-state index in [4.69, 9.17) is 0 Å². The second kappa shape index (κ2) is 7.94. The molecule has 0 aliphatic heterocycles. The van der Waals surface area contributed by atoms with Crippen molar-refractivity contribution in [3.63, 3.8) is 0 Å². The Kier molecular flexibility index (Phi) is 6.18. The molecule has 2 rings (SSSR count). The molecule has 0 bridgehead atoms. The van der Waals surface area contributed by atoms with Crippen molar-refractivity contribution in [2.45, 2.75) is 26.2 Å². The van der Waals surface area contributed by atoms with Crippen LogP contribution >= 0.6 is 27.3 Å². The molecule has 2 N–H and O–H groups in total. The van der Waals surface area contributed by atoms with Gasteiger partial charge < -0.3 is 10.6 Å². The molecule has 128 valence electrons. The van der Waals surface area contributed by atoms with Crippen LogP contribution < -0.4 is 10.6 Å². The molecule has 0 saturated heterocycles. The van der Waals surface area contributed by atoms with E-state index < -0.39 is 0 Å². The fraction of sp³-hybridized carbons (Fsp3) is 0.333. The summed E-state index contributed by atoms with van der Waals surface area (Å²) in [7, 11) is 0. The van der Waals surface area contributed by atoms with Crippen molar-refractivity contribution >= 4 is 39.1 Å². The number of halogens is 1. The van der Waals surface area contributed by atoms with Crippen LogP contribution in [0.25, 0.3) is 0 Å². The van der Waals surface area contributed by atoms with Crippen molar-refractivity contribution in [1.82, 2.24) is 10.6 Å². The van der Waals surface area contributed by atoms with Crippen LogP contribution in [0.2, 0.25) is 0 Å². The fourth-order valence-corrected chi connectivity index (χ4v) is 3.24. The Balaban J connectivity index is 1.82. The predicted molar refractivity (Wildman–Crippen MR) is 102 cm³/mol. The second-order valence-corrected chi connectivity index (χ2v) is 8.46. The minimum absolute atomic E-state index is 0.0216. The lowest BCUT2D eigenvalue weighted by Crippen LogP contribution is -2.42. The molecule has 0 aliphatic carbocycles. The zero-order valence-corrected chi connectivity index (χ0v) is 16.4. The third-order valence-electron chi connectivity index (χ3n) is 3.73. The van der Waals surface area contributed by atoms with Gasteiger partial charge in [0.05, 0.1) is 11.4 Å². The van der Waals surface area contributed by atoms with Crippen LogP contribution in [0.15, 0.2) is 40.9 Å². The van der Waals surface area contributed by atoms with Gasteiger partial charge in [-0.25, -0.2) is 0 Å². The molecule has 1 aromatic heterocycles. The molecule has 4 nitrogen and oxygen atoms in total. The normalized spacial score (nSPS) is 11.2. The summed E-state index contributed by atoms with van der Waals surface area (Å²) in [5, 5.41) is 5.53. The number of benzene rings is 1. The highest BCUT2D eigenvalue weighted by molar-refractivity contribution is 9.10. The number of carbonyl (C=O) groups excluding carboxylic acids is 2. The molecule has 0 radical (unpaired) electrons. The van der Waals surface area contributed by atoms with Gasteiger partial charge in [0.2, 0.25) is 5.91 Å². The quantitative estimate of drug-likeness (QED) is 0.766. The largest absolute Gasteiger partial charge is 0.354 e. The summed E-state index contributed by atoms with van der Waals surface area (Å²) in [5.41, 5.74) is 0.953. The van der Waals surface area contributed by atoms with E-state index in [2.05, 4.69) is 40.4 Å². The molecule has 2 aromatic rings. The van der Waals surface area contributed by atoms with E-state index >= 15 is 0 Å². The Morgan fingerprint density at radius 2 is 1.75 bits per heavy atom. The van der Waals surface area contributed by atoms with Crippen LogP contribution in [0.5, 0.6) is 0 Å². The van der Waals surface area contributed by atoms with Gasteiger partial charge in [0, 0.05) is 21.3 Å². The van der Waals surface area contributed by atoms with E-state index in [1.807, 2.05) is 37.3 Å². The van der Waals surface area contributed by atoms with Crippen LogP contribution in [0.1, 0.15) is 34.0 Å². The minimum Gasteiger partial charge on any atom is -0.354 e. The van der Waals surface area contributed by atoms with Gasteiger partial charge in [0.15, 0.2) is 0 Å². The van der Waals surface area contributed by atoms with E-state index in [1.54, 1.807) is 6.07 Å². The molecular formula is C18H21BrN2O2S. The smallest absolute Gasteiger partial charge is 0.261 e. The molecule has 24 heavy (non-hydrogen) atoms. The highest BCUT2D eigenvalue weighted by atomic mass is 79.9. The number of aryl methyl sites for hydroxylation is 1. The second-order valence-electron chi connectivity index (χ2n) is 6.26. The molecule has 0 atom stereocenters. The first-order valence-corrected chi connectivity index (χ1v) is 9.26. The average Bonchev–Trinajstić information content (AvgIpc) is 2.98. The third-order valence-corrected chi connectivity index (χ3v) is 5.25. The van der Waals surface area contributed by atoms with Gasteiger partial charge in [-0.05, 0) is 36.8 Å². The summed E-state index contributed by atoms with van der Waals surface area (Å²) in [6.07, 6.45) is 0. The predicted octanol–water partition coefficient (Wildman–Crippen LogP) is 3.64. The van der Waals surface area contributed by atoms with Crippen molar-refractivity contribution in [3.8, 4) is 0 Å². The summed E-state index contributed by atoms with van der Waals surface area (Å²) in [6, 6.07) is 11.7. The van der Waals surface area contributed by atoms with Gasteiger partial charge in [0.25, 0.3) is 5.91 Å². The molecule has 0 fully saturated rings. The number of hydrogen-bond acceptors (Lipinski definition) is 3. The summed E-state index contributed by atoms with van der Waals surface area (Å²) < 4.78 is 1.03.